The molecule has 0 unspecified atom stereocenters. The average Bonchev–Trinajstić information content (AvgIpc) is 3.02. The Hall–Kier alpha value is -0.503. The molecule has 0 N–H and O–H groups in total. The van der Waals surface area contributed by atoms with Gasteiger partial charge < -0.3 is 13.3 Å². The van der Waals surface area contributed by atoms with Crippen LogP contribution in [0.4, 0.5) is 0 Å². The molecule has 25 heavy (non-hydrogen) atoms. The van der Waals surface area contributed by atoms with Gasteiger partial charge in [0.05, 0.1) is 3.79 Å². The van der Waals surface area contributed by atoms with Crippen molar-refractivity contribution in [2.24, 2.45) is 0 Å². The number of thiophene rings is 1. The maximum absolute atomic E-state index is 5.56. The Morgan fingerprint density at radius 2 is 1.60 bits per heavy atom. The van der Waals surface area contributed by atoms with Crippen molar-refractivity contribution < 1.29 is 13.3 Å². The van der Waals surface area contributed by atoms with Crippen LogP contribution in [0.1, 0.15) is 38.2 Å². The highest BCUT2D eigenvalue weighted by Gasteiger charge is 2.40. The van der Waals surface area contributed by atoms with Crippen LogP contribution in [-0.4, -0.2) is 30.1 Å². The summed E-state index contributed by atoms with van der Waals surface area (Å²) in [7, 11) is 2.15. The van der Waals surface area contributed by atoms with Gasteiger partial charge in [0.25, 0.3) is 0 Å². The van der Waals surface area contributed by atoms with Gasteiger partial charge in [0.15, 0.2) is 0 Å². The molecule has 0 fully saturated rings. The Kier molecular flexibility index (Phi) is 8.32. The number of hydrogen-bond acceptors (Lipinski definition) is 4. The summed E-state index contributed by atoms with van der Waals surface area (Å²) < 4.78 is 17.9. The summed E-state index contributed by atoms with van der Waals surface area (Å²) in [5.41, 5.74) is 2.66. The molecule has 3 nitrogen and oxygen atoms in total. The normalized spacial score (nSPS) is 11.9. The molecule has 1 aromatic carbocycles. The summed E-state index contributed by atoms with van der Waals surface area (Å²) in [4.78, 5) is 1.34. The summed E-state index contributed by atoms with van der Waals surface area (Å²) in [5, 5.41) is 0.976. The van der Waals surface area contributed by atoms with Crippen LogP contribution >= 0.6 is 27.3 Å². The fourth-order valence-electron chi connectivity index (χ4n) is 3.00. The van der Waals surface area contributed by atoms with E-state index in [2.05, 4.69) is 53.2 Å². The van der Waals surface area contributed by atoms with Gasteiger partial charge in [-0.2, -0.15) is 0 Å². The summed E-state index contributed by atoms with van der Waals surface area (Å²) in [6, 6.07) is 10.7. The van der Waals surface area contributed by atoms with E-state index < -0.39 is 8.80 Å². The molecule has 2 rings (SSSR count). The van der Waals surface area contributed by atoms with E-state index in [0.29, 0.717) is 0 Å². The van der Waals surface area contributed by atoms with Gasteiger partial charge in [0.2, 0.25) is 0 Å². The maximum atomic E-state index is 5.56. The Morgan fingerprint density at radius 1 is 0.960 bits per heavy atom. The molecule has 0 aliphatic rings. The van der Waals surface area contributed by atoms with Gasteiger partial charge in [-0.3, -0.25) is 0 Å². The number of rotatable bonds is 10. The predicted octanol–water partition coefficient (Wildman–Crippen LogP) is 5.39. The van der Waals surface area contributed by atoms with Gasteiger partial charge in [0.1, 0.15) is 0 Å². The molecule has 0 amide bonds. The zero-order chi connectivity index (χ0) is 18.3. The first-order chi connectivity index (χ1) is 12.1. The first kappa shape index (κ1) is 20.8. The highest BCUT2D eigenvalue weighted by molar-refractivity contribution is 9.11. The molecule has 0 saturated heterocycles. The van der Waals surface area contributed by atoms with Crippen molar-refractivity contribution in [3.05, 3.63) is 39.7 Å². The fourth-order valence-corrected chi connectivity index (χ4v) is 6.48. The fraction of sp³-hybridized carbons (Fsp3) is 0.474. The largest absolute Gasteiger partial charge is 0.536 e. The van der Waals surface area contributed by atoms with E-state index in [-0.39, 0.29) is 0 Å². The summed E-state index contributed by atoms with van der Waals surface area (Å²) in [6.07, 6.45) is 6.26. The molecule has 0 atom stereocenters. The van der Waals surface area contributed by atoms with Gasteiger partial charge in [-0.15, -0.1) is 11.3 Å². The molecule has 0 spiro atoms. The van der Waals surface area contributed by atoms with Crippen LogP contribution in [-0.2, 0) is 19.7 Å². The lowest BCUT2D eigenvalue weighted by molar-refractivity contribution is 0.140. The zero-order valence-electron chi connectivity index (χ0n) is 15.4. The second-order valence-corrected chi connectivity index (χ2v) is 11.3. The van der Waals surface area contributed by atoms with Crippen LogP contribution in [0, 0.1) is 0 Å². The van der Waals surface area contributed by atoms with Crippen molar-refractivity contribution in [1.82, 2.24) is 0 Å². The SMILES string of the molecule is CCCCCCc1cc(Br)sc1-c1ccc([Si](OC)(OC)OC)cc1. The minimum absolute atomic E-state index is 0.976. The average molecular weight is 443 g/mol. The van der Waals surface area contributed by atoms with Crippen LogP contribution in [0.15, 0.2) is 34.1 Å². The van der Waals surface area contributed by atoms with Gasteiger partial charge in [-0.25, -0.2) is 0 Å². The predicted molar refractivity (Wildman–Crippen MR) is 112 cm³/mol. The van der Waals surface area contributed by atoms with Crippen LogP contribution in [0.3, 0.4) is 0 Å². The lowest BCUT2D eigenvalue weighted by Crippen LogP contribution is -2.54. The van der Waals surface area contributed by atoms with E-state index in [1.165, 1.54) is 45.5 Å². The quantitative estimate of drug-likeness (QED) is 0.364. The van der Waals surface area contributed by atoms with Gasteiger partial charge in [-0.1, -0.05) is 50.5 Å². The number of aryl methyl sites for hydroxylation is 1. The monoisotopic (exact) mass is 442 g/mol. The molecule has 2 aromatic rings. The van der Waals surface area contributed by atoms with Crippen molar-refractivity contribution in [3.63, 3.8) is 0 Å². The summed E-state index contributed by atoms with van der Waals surface area (Å²) in [6.45, 7) is 2.25. The van der Waals surface area contributed by atoms with E-state index >= 15 is 0 Å². The van der Waals surface area contributed by atoms with E-state index in [1.807, 2.05) is 0 Å². The van der Waals surface area contributed by atoms with E-state index in [1.54, 1.807) is 32.7 Å². The third kappa shape index (κ3) is 5.02. The van der Waals surface area contributed by atoms with Crippen LogP contribution < -0.4 is 5.19 Å². The molecule has 0 bridgehead atoms. The van der Waals surface area contributed by atoms with Gasteiger partial charge >= 0.3 is 8.80 Å². The number of benzene rings is 1. The molecular formula is C19H27BrO3SSi. The van der Waals surface area contributed by atoms with Crippen molar-refractivity contribution >= 4 is 41.3 Å². The van der Waals surface area contributed by atoms with Crippen molar-refractivity contribution in [1.29, 1.82) is 0 Å². The first-order valence-corrected chi connectivity index (χ1v) is 12.0. The van der Waals surface area contributed by atoms with Gasteiger partial charge in [0, 0.05) is 31.4 Å². The first-order valence-electron chi connectivity index (χ1n) is 8.64. The molecule has 6 heteroatoms. The Balaban J connectivity index is 2.22. The second kappa shape index (κ2) is 9.99. The highest BCUT2D eigenvalue weighted by atomic mass is 79.9. The number of unbranched alkanes of at least 4 members (excludes halogenated alkanes) is 3. The van der Waals surface area contributed by atoms with E-state index in [4.69, 9.17) is 13.3 Å². The maximum Gasteiger partial charge on any atom is 0.536 e. The standard InChI is InChI=1S/C19H27BrO3SSi/c1-5-6-7-8-9-16-14-18(20)24-19(16)15-10-12-17(13-11-15)25(21-2,22-3)23-4/h10-14H,5-9H2,1-4H3. The van der Waals surface area contributed by atoms with Crippen LogP contribution in [0.5, 0.6) is 0 Å². The zero-order valence-corrected chi connectivity index (χ0v) is 18.8. The van der Waals surface area contributed by atoms with E-state index in [0.717, 1.165) is 11.6 Å². The summed E-state index contributed by atoms with van der Waals surface area (Å²) >= 11 is 5.44. The molecular weight excluding hydrogens is 416 g/mol. The molecule has 0 saturated carbocycles. The molecule has 0 aliphatic carbocycles. The molecule has 0 aliphatic heterocycles. The smallest absolute Gasteiger partial charge is 0.373 e. The molecule has 1 aromatic heterocycles. The summed E-state index contributed by atoms with van der Waals surface area (Å²) in [5.74, 6) is 0. The molecule has 138 valence electrons. The van der Waals surface area contributed by atoms with Gasteiger partial charge in [-0.05, 0) is 46.0 Å². The topological polar surface area (TPSA) is 27.7 Å². The minimum atomic E-state index is -2.76. The number of hydrogen-bond donors (Lipinski definition) is 0. The molecule has 1 heterocycles. The number of halogens is 1. The minimum Gasteiger partial charge on any atom is -0.373 e. The van der Waals surface area contributed by atoms with Crippen LogP contribution in [0.25, 0.3) is 10.4 Å². The van der Waals surface area contributed by atoms with E-state index in [9.17, 15) is 0 Å². The van der Waals surface area contributed by atoms with Crippen molar-refractivity contribution in [3.8, 4) is 10.4 Å². The highest BCUT2D eigenvalue weighted by Crippen LogP contribution is 2.36. The van der Waals surface area contributed by atoms with Crippen molar-refractivity contribution in [2.75, 3.05) is 21.3 Å². The Labute approximate surface area is 164 Å². The molecule has 0 radical (unpaired) electrons. The van der Waals surface area contributed by atoms with Crippen molar-refractivity contribution in [2.45, 2.75) is 39.0 Å². The van der Waals surface area contributed by atoms with Crippen LogP contribution in [0.2, 0.25) is 0 Å². The second-order valence-electron chi connectivity index (χ2n) is 5.96. The Morgan fingerprint density at radius 3 is 2.16 bits per heavy atom. The Bertz CT molecular complexity index is 645. The third-order valence-electron chi connectivity index (χ3n) is 4.39. The third-order valence-corrected chi connectivity index (χ3v) is 8.77. The lowest BCUT2D eigenvalue weighted by Gasteiger charge is -2.24. The lowest BCUT2D eigenvalue weighted by atomic mass is 10.0.